The molecule has 0 radical (unpaired) electrons. The maximum absolute atomic E-state index is 13.2. The van der Waals surface area contributed by atoms with Crippen LogP contribution in [0.3, 0.4) is 0 Å². The van der Waals surface area contributed by atoms with Crippen molar-refractivity contribution in [3.8, 4) is 11.5 Å². The van der Waals surface area contributed by atoms with Crippen molar-refractivity contribution in [2.75, 3.05) is 33.3 Å². The highest BCUT2D eigenvalue weighted by Crippen LogP contribution is 2.23. The Kier molecular flexibility index (Phi) is 6.67. The minimum Gasteiger partial charge on any atom is -0.497 e. The zero-order valence-electron chi connectivity index (χ0n) is 19.3. The highest BCUT2D eigenvalue weighted by Gasteiger charge is 2.29. The van der Waals surface area contributed by atoms with Gasteiger partial charge in [-0.25, -0.2) is 8.42 Å². The third kappa shape index (κ3) is 5.29. The van der Waals surface area contributed by atoms with Crippen molar-refractivity contribution >= 4 is 20.8 Å². The largest absolute Gasteiger partial charge is 0.497 e. The van der Waals surface area contributed by atoms with E-state index >= 15 is 0 Å². The number of hydrogen-bond acceptors (Lipinski definition) is 8. The van der Waals surface area contributed by atoms with Crippen LogP contribution in [-0.2, 0) is 23.2 Å². The van der Waals surface area contributed by atoms with Gasteiger partial charge in [-0.1, -0.05) is 35.5 Å². The first-order valence-corrected chi connectivity index (χ1v) is 12.7. The lowest BCUT2D eigenvalue weighted by Crippen LogP contribution is -2.48. The summed E-state index contributed by atoms with van der Waals surface area (Å²) in [6.07, 6.45) is 0. The number of piperazine rings is 1. The molecular weight excluding hydrogens is 468 g/mol. The van der Waals surface area contributed by atoms with Gasteiger partial charge in [0.15, 0.2) is 6.61 Å². The summed E-state index contributed by atoms with van der Waals surface area (Å²) in [7, 11) is -1.94. The Morgan fingerprint density at radius 2 is 1.63 bits per heavy atom. The van der Waals surface area contributed by atoms with E-state index in [1.807, 2.05) is 54.6 Å². The minimum atomic E-state index is -3.55. The fraction of sp³-hybridized carbons (Fsp3) is 0.280. The van der Waals surface area contributed by atoms with Crippen molar-refractivity contribution in [1.82, 2.24) is 19.3 Å². The van der Waals surface area contributed by atoms with Gasteiger partial charge < -0.3 is 14.0 Å². The van der Waals surface area contributed by atoms with Gasteiger partial charge in [-0.05, 0) is 47.2 Å². The molecule has 0 bridgehead atoms. The van der Waals surface area contributed by atoms with E-state index in [4.69, 9.17) is 14.0 Å². The fourth-order valence-corrected chi connectivity index (χ4v) is 5.49. The topological polar surface area (TPSA) is 98.0 Å². The van der Waals surface area contributed by atoms with Crippen LogP contribution in [0.4, 0.5) is 0 Å². The van der Waals surface area contributed by atoms with Crippen molar-refractivity contribution in [3.05, 3.63) is 78.4 Å². The number of fused-ring (bicyclic) bond motifs is 1. The third-order valence-electron chi connectivity index (χ3n) is 5.99. The summed E-state index contributed by atoms with van der Waals surface area (Å²) < 4.78 is 44.1. The number of methoxy groups -OCH3 is 1. The quantitative estimate of drug-likeness (QED) is 0.368. The molecule has 182 valence electrons. The van der Waals surface area contributed by atoms with Crippen LogP contribution in [0.15, 0.2) is 76.1 Å². The first kappa shape index (κ1) is 23.3. The Morgan fingerprint density at radius 3 is 2.37 bits per heavy atom. The number of benzene rings is 3. The molecule has 0 unspecified atom stereocenters. The maximum Gasteiger partial charge on any atom is 0.243 e. The van der Waals surface area contributed by atoms with Gasteiger partial charge in [0.2, 0.25) is 21.7 Å². The Balaban J connectivity index is 1.14. The van der Waals surface area contributed by atoms with Gasteiger partial charge in [-0.15, -0.1) is 0 Å². The lowest BCUT2D eigenvalue weighted by atomic mass is 10.1. The smallest absolute Gasteiger partial charge is 0.243 e. The fourth-order valence-electron chi connectivity index (χ4n) is 4.03. The van der Waals surface area contributed by atoms with Crippen LogP contribution in [-0.4, -0.2) is 61.1 Å². The minimum absolute atomic E-state index is 0.188. The van der Waals surface area contributed by atoms with Crippen LogP contribution in [0, 0.1) is 0 Å². The molecule has 9 nitrogen and oxygen atoms in total. The van der Waals surface area contributed by atoms with Crippen molar-refractivity contribution in [1.29, 1.82) is 0 Å². The average molecular weight is 495 g/mol. The summed E-state index contributed by atoms with van der Waals surface area (Å²) in [5.41, 5.74) is 0. The molecule has 1 aromatic heterocycles. The van der Waals surface area contributed by atoms with Gasteiger partial charge in [-0.2, -0.15) is 9.29 Å². The molecule has 4 aromatic rings. The second-order valence-corrected chi connectivity index (χ2v) is 10.2. The molecule has 1 saturated heterocycles. The van der Waals surface area contributed by atoms with E-state index in [0.29, 0.717) is 55.1 Å². The Bertz CT molecular complexity index is 1400. The van der Waals surface area contributed by atoms with Crippen LogP contribution < -0.4 is 9.47 Å². The first-order chi connectivity index (χ1) is 17.0. The molecule has 1 aliphatic rings. The summed E-state index contributed by atoms with van der Waals surface area (Å²) in [6, 6.07) is 20.3. The van der Waals surface area contributed by atoms with E-state index < -0.39 is 10.0 Å². The van der Waals surface area contributed by atoms with Gasteiger partial charge >= 0.3 is 0 Å². The number of aromatic nitrogens is 2. The first-order valence-electron chi connectivity index (χ1n) is 11.3. The normalized spacial score (nSPS) is 15.3. The lowest BCUT2D eigenvalue weighted by molar-refractivity contribution is 0.163. The Labute approximate surface area is 203 Å². The molecule has 5 rings (SSSR count). The molecule has 2 heterocycles. The molecule has 3 aromatic carbocycles. The van der Waals surface area contributed by atoms with Crippen LogP contribution in [0.5, 0.6) is 11.5 Å². The van der Waals surface area contributed by atoms with Gasteiger partial charge in [0.1, 0.15) is 11.5 Å². The molecule has 1 aliphatic heterocycles. The summed E-state index contributed by atoms with van der Waals surface area (Å²) in [5, 5.41) is 5.91. The average Bonchev–Trinajstić information content (AvgIpc) is 3.35. The molecule has 0 N–H and O–H groups in total. The summed E-state index contributed by atoms with van der Waals surface area (Å²) in [4.78, 5) is 6.82. The Morgan fingerprint density at radius 1 is 0.914 bits per heavy atom. The second-order valence-electron chi connectivity index (χ2n) is 8.26. The number of sulfonamides is 1. The molecule has 10 heteroatoms. The van der Waals surface area contributed by atoms with Gasteiger partial charge in [0.25, 0.3) is 0 Å². The molecule has 0 spiro atoms. The lowest BCUT2D eigenvalue weighted by Gasteiger charge is -2.33. The molecule has 0 saturated carbocycles. The van der Waals surface area contributed by atoms with Gasteiger partial charge in [0, 0.05) is 26.2 Å². The SMILES string of the molecule is COc1ccc(OCc2noc(CN3CCN(S(=O)(=O)c4ccc5ccccc5c4)CC3)n2)cc1. The van der Waals surface area contributed by atoms with Gasteiger partial charge in [-0.3, -0.25) is 4.90 Å². The van der Waals surface area contributed by atoms with Crippen molar-refractivity contribution in [3.63, 3.8) is 0 Å². The van der Waals surface area contributed by atoms with E-state index in [1.54, 1.807) is 19.2 Å². The molecule has 35 heavy (non-hydrogen) atoms. The summed E-state index contributed by atoms with van der Waals surface area (Å²) in [6.45, 7) is 2.60. The molecule has 0 atom stereocenters. The molecule has 1 fully saturated rings. The van der Waals surface area contributed by atoms with Crippen molar-refractivity contribution in [2.24, 2.45) is 0 Å². The van der Waals surface area contributed by atoms with Crippen LogP contribution in [0.1, 0.15) is 11.7 Å². The van der Waals surface area contributed by atoms with E-state index in [-0.39, 0.29) is 6.61 Å². The second kappa shape index (κ2) is 10.0. The number of hydrogen-bond donors (Lipinski definition) is 0. The highest BCUT2D eigenvalue weighted by atomic mass is 32.2. The summed E-state index contributed by atoms with van der Waals surface area (Å²) >= 11 is 0. The van der Waals surface area contributed by atoms with Crippen LogP contribution >= 0.6 is 0 Å². The zero-order chi connectivity index (χ0) is 24.3. The molecule has 0 aliphatic carbocycles. The third-order valence-corrected chi connectivity index (χ3v) is 7.88. The number of rotatable bonds is 8. The standard InChI is InChI=1S/C25H26N4O5S/c1-32-21-7-9-22(10-8-21)33-18-24-26-25(34-27-24)17-28-12-14-29(15-13-28)35(30,31)23-11-6-19-4-2-3-5-20(19)16-23/h2-11,16H,12-15,17-18H2,1H3. The predicted molar refractivity (Wildman–Crippen MR) is 130 cm³/mol. The van der Waals surface area contributed by atoms with Crippen LogP contribution in [0.2, 0.25) is 0 Å². The number of nitrogens with zero attached hydrogens (tertiary/aromatic N) is 4. The molecular formula is C25H26N4O5S. The van der Waals surface area contributed by atoms with E-state index in [2.05, 4.69) is 15.0 Å². The van der Waals surface area contributed by atoms with E-state index in [9.17, 15) is 8.42 Å². The predicted octanol–water partition coefficient (Wildman–Crippen LogP) is 3.32. The van der Waals surface area contributed by atoms with E-state index in [1.165, 1.54) is 4.31 Å². The Hall–Kier alpha value is -3.47. The van der Waals surface area contributed by atoms with Crippen molar-refractivity contribution in [2.45, 2.75) is 18.0 Å². The van der Waals surface area contributed by atoms with Crippen molar-refractivity contribution < 1.29 is 22.4 Å². The molecule has 0 amide bonds. The maximum atomic E-state index is 13.2. The zero-order valence-corrected chi connectivity index (χ0v) is 20.1. The van der Waals surface area contributed by atoms with Gasteiger partial charge in [0.05, 0.1) is 18.6 Å². The van der Waals surface area contributed by atoms with Crippen LogP contribution in [0.25, 0.3) is 10.8 Å². The number of ether oxygens (including phenoxy) is 2. The van der Waals surface area contributed by atoms with E-state index in [0.717, 1.165) is 16.5 Å². The summed E-state index contributed by atoms with van der Waals surface area (Å²) in [5.74, 6) is 2.36. The monoisotopic (exact) mass is 494 g/mol. The highest BCUT2D eigenvalue weighted by molar-refractivity contribution is 7.89.